The second-order valence-corrected chi connectivity index (χ2v) is 4.92. The van der Waals surface area contributed by atoms with E-state index in [2.05, 4.69) is 17.2 Å². The fraction of sp³-hybridized carbons (Fsp3) is 0.294. The highest BCUT2D eigenvalue weighted by atomic mass is 16.3. The number of oxazole rings is 1. The third-order valence-electron chi connectivity index (χ3n) is 3.11. The van der Waals surface area contributed by atoms with E-state index >= 15 is 0 Å². The van der Waals surface area contributed by atoms with Gasteiger partial charge in [-0.15, -0.1) is 0 Å². The van der Waals surface area contributed by atoms with Crippen LogP contribution in [-0.4, -0.2) is 10.9 Å². The third kappa shape index (κ3) is 4.60. The zero-order chi connectivity index (χ0) is 15.1. The first-order chi connectivity index (χ1) is 10.2. The van der Waals surface area contributed by atoms with Crippen molar-refractivity contribution in [3.05, 3.63) is 59.8 Å². The summed E-state index contributed by atoms with van der Waals surface area (Å²) in [5, 5.41) is 3.02. The summed E-state index contributed by atoms with van der Waals surface area (Å²) in [5.74, 6) is 0.294. The van der Waals surface area contributed by atoms with Crippen LogP contribution in [0, 0.1) is 6.92 Å². The number of amides is 1. The van der Waals surface area contributed by atoms with Crippen molar-refractivity contribution in [3.63, 3.8) is 0 Å². The Labute approximate surface area is 124 Å². The van der Waals surface area contributed by atoms with Crippen LogP contribution in [0.5, 0.6) is 0 Å². The number of carbonyl (C=O) groups is 1. The van der Waals surface area contributed by atoms with Gasteiger partial charge >= 0.3 is 0 Å². The molecule has 0 saturated carbocycles. The van der Waals surface area contributed by atoms with Crippen LogP contribution in [0.25, 0.3) is 6.08 Å². The van der Waals surface area contributed by atoms with E-state index in [4.69, 9.17) is 4.42 Å². The van der Waals surface area contributed by atoms with Crippen LogP contribution in [0.1, 0.15) is 43.0 Å². The molecule has 1 amide bonds. The molecule has 1 heterocycles. The fourth-order valence-corrected chi connectivity index (χ4v) is 2.11. The number of carbonyl (C=O) groups excluding carboxylic acids is 1. The van der Waals surface area contributed by atoms with Crippen molar-refractivity contribution in [1.82, 2.24) is 10.3 Å². The van der Waals surface area contributed by atoms with Crippen molar-refractivity contribution in [2.24, 2.45) is 0 Å². The molecule has 4 heteroatoms. The highest BCUT2D eigenvalue weighted by molar-refractivity contribution is 5.91. The second-order valence-electron chi connectivity index (χ2n) is 4.92. The molecule has 1 N–H and O–H groups in total. The van der Waals surface area contributed by atoms with Gasteiger partial charge in [-0.25, -0.2) is 4.98 Å². The van der Waals surface area contributed by atoms with E-state index in [1.165, 1.54) is 6.08 Å². The molecular formula is C17H20N2O2. The van der Waals surface area contributed by atoms with Crippen molar-refractivity contribution < 1.29 is 9.21 Å². The van der Waals surface area contributed by atoms with E-state index in [1.54, 1.807) is 12.3 Å². The third-order valence-corrected chi connectivity index (χ3v) is 3.11. The van der Waals surface area contributed by atoms with Gasteiger partial charge in [-0.3, -0.25) is 4.79 Å². The Morgan fingerprint density at radius 3 is 2.76 bits per heavy atom. The molecule has 1 unspecified atom stereocenters. The summed E-state index contributed by atoms with van der Waals surface area (Å²) >= 11 is 0. The van der Waals surface area contributed by atoms with E-state index in [1.807, 2.05) is 37.3 Å². The van der Waals surface area contributed by atoms with Crippen LogP contribution in [0.3, 0.4) is 0 Å². The van der Waals surface area contributed by atoms with Crippen molar-refractivity contribution in [1.29, 1.82) is 0 Å². The van der Waals surface area contributed by atoms with Gasteiger partial charge in [0.05, 0.1) is 11.7 Å². The van der Waals surface area contributed by atoms with Crippen LogP contribution >= 0.6 is 0 Å². The molecule has 4 nitrogen and oxygen atoms in total. The maximum absolute atomic E-state index is 12.0. The molecule has 110 valence electrons. The topological polar surface area (TPSA) is 55.1 Å². The standard InChI is InChI=1S/C17H20N2O2/c1-3-7-15(14-8-5-4-6-9-14)19-16(20)10-11-17-18-13(2)12-21-17/h4-6,8-12,15H,3,7H2,1-2H3,(H,19,20)/b11-10+. The van der Waals surface area contributed by atoms with Gasteiger partial charge in [-0.1, -0.05) is 43.7 Å². The number of aromatic nitrogens is 1. The first-order valence-corrected chi connectivity index (χ1v) is 7.14. The summed E-state index contributed by atoms with van der Waals surface area (Å²) in [6.07, 6.45) is 6.50. The number of benzene rings is 1. The van der Waals surface area contributed by atoms with Crippen molar-refractivity contribution in [2.75, 3.05) is 0 Å². The summed E-state index contributed by atoms with van der Waals surface area (Å²) in [4.78, 5) is 16.1. The smallest absolute Gasteiger partial charge is 0.244 e. The van der Waals surface area contributed by atoms with Crippen LogP contribution < -0.4 is 5.32 Å². The minimum absolute atomic E-state index is 0.0275. The quantitative estimate of drug-likeness (QED) is 0.824. The molecule has 0 fully saturated rings. The maximum atomic E-state index is 12.0. The molecule has 0 bridgehead atoms. The van der Waals surface area contributed by atoms with Gasteiger partial charge in [0.1, 0.15) is 6.26 Å². The van der Waals surface area contributed by atoms with Gasteiger partial charge in [0.15, 0.2) is 0 Å². The van der Waals surface area contributed by atoms with Gasteiger partial charge in [0.25, 0.3) is 0 Å². The molecule has 0 radical (unpaired) electrons. The van der Waals surface area contributed by atoms with Gasteiger partial charge in [0, 0.05) is 12.2 Å². The average molecular weight is 284 g/mol. The average Bonchev–Trinajstić information content (AvgIpc) is 2.91. The zero-order valence-electron chi connectivity index (χ0n) is 12.4. The molecule has 0 spiro atoms. The molecular weight excluding hydrogens is 264 g/mol. The van der Waals surface area contributed by atoms with E-state index in [9.17, 15) is 4.79 Å². The summed E-state index contributed by atoms with van der Waals surface area (Å²) in [6.45, 7) is 3.95. The summed E-state index contributed by atoms with van der Waals surface area (Å²) in [7, 11) is 0. The highest BCUT2D eigenvalue weighted by Crippen LogP contribution is 2.18. The molecule has 1 aromatic heterocycles. The Balaban J connectivity index is 2.00. The Hall–Kier alpha value is -2.36. The first kappa shape index (κ1) is 15.0. The van der Waals surface area contributed by atoms with Gasteiger partial charge in [-0.05, 0) is 18.9 Å². The Bertz CT molecular complexity index is 602. The minimum Gasteiger partial charge on any atom is -0.445 e. The molecule has 0 aliphatic heterocycles. The molecule has 1 atom stereocenters. The maximum Gasteiger partial charge on any atom is 0.244 e. The fourth-order valence-electron chi connectivity index (χ4n) is 2.11. The number of nitrogens with zero attached hydrogens (tertiary/aromatic N) is 1. The van der Waals surface area contributed by atoms with E-state index < -0.39 is 0 Å². The van der Waals surface area contributed by atoms with Crippen molar-refractivity contribution in [2.45, 2.75) is 32.7 Å². The molecule has 2 aromatic rings. The van der Waals surface area contributed by atoms with Crippen LogP contribution in [0.2, 0.25) is 0 Å². The van der Waals surface area contributed by atoms with Crippen LogP contribution in [0.4, 0.5) is 0 Å². The first-order valence-electron chi connectivity index (χ1n) is 7.14. The van der Waals surface area contributed by atoms with E-state index in [-0.39, 0.29) is 11.9 Å². The van der Waals surface area contributed by atoms with Gasteiger partial charge < -0.3 is 9.73 Å². The molecule has 0 saturated heterocycles. The van der Waals surface area contributed by atoms with Crippen molar-refractivity contribution in [3.8, 4) is 0 Å². The Morgan fingerprint density at radius 1 is 1.38 bits per heavy atom. The minimum atomic E-state index is -0.145. The number of nitrogens with one attached hydrogen (secondary N) is 1. The van der Waals surface area contributed by atoms with E-state index in [0.29, 0.717) is 5.89 Å². The summed E-state index contributed by atoms with van der Waals surface area (Å²) < 4.78 is 5.17. The predicted octanol–water partition coefficient (Wildman–Crippen LogP) is 3.65. The highest BCUT2D eigenvalue weighted by Gasteiger charge is 2.11. The number of aryl methyl sites for hydroxylation is 1. The lowest BCUT2D eigenvalue weighted by molar-refractivity contribution is -0.117. The SMILES string of the molecule is CCCC(NC(=O)/C=C/c1nc(C)co1)c1ccccc1. The predicted molar refractivity (Wildman–Crippen MR) is 82.5 cm³/mol. The largest absolute Gasteiger partial charge is 0.445 e. The lowest BCUT2D eigenvalue weighted by Crippen LogP contribution is -2.26. The molecule has 0 aliphatic rings. The number of rotatable bonds is 6. The number of hydrogen-bond donors (Lipinski definition) is 1. The normalized spacial score (nSPS) is 12.5. The lowest BCUT2D eigenvalue weighted by atomic mass is 10.0. The molecule has 0 aliphatic carbocycles. The molecule has 1 aromatic carbocycles. The monoisotopic (exact) mass is 284 g/mol. The van der Waals surface area contributed by atoms with Gasteiger partial charge in [0.2, 0.25) is 11.8 Å². The summed E-state index contributed by atoms with van der Waals surface area (Å²) in [5.41, 5.74) is 1.91. The second kappa shape index (κ2) is 7.43. The van der Waals surface area contributed by atoms with Crippen molar-refractivity contribution >= 4 is 12.0 Å². The Morgan fingerprint density at radius 2 is 2.14 bits per heavy atom. The van der Waals surface area contributed by atoms with E-state index in [0.717, 1.165) is 24.1 Å². The number of hydrogen-bond acceptors (Lipinski definition) is 3. The molecule has 21 heavy (non-hydrogen) atoms. The van der Waals surface area contributed by atoms with Crippen LogP contribution in [0.15, 0.2) is 47.1 Å². The Kier molecular flexibility index (Phi) is 5.32. The zero-order valence-corrected chi connectivity index (χ0v) is 12.4. The molecule has 2 rings (SSSR count). The van der Waals surface area contributed by atoms with Gasteiger partial charge in [-0.2, -0.15) is 0 Å². The summed E-state index contributed by atoms with van der Waals surface area (Å²) in [6, 6.07) is 10.0. The lowest BCUT2D eigenvalue weighted by Gasteiger charge is -2.17. The van der Waals surface area contributed by atoms with Crippen LogP contribution in [-0.2, 0) is 4.79 Å².